The SMILES string of the molecule is O=C(NCCN1CCOCC1)[C@@H](OC1CCCC1)c1ccccc1. The van der Waals surface area contributed by atoms with Crippen LogP contribution >= 0.6 is 0 Å². The van der Waals surface area contributed by atoms with Gasteiger partial charge in [0.15, 0.2) is 6.10 Å². The molecule has 5 heteroatoms. The first-order valence-electron chi connectivity index (χ1n) is 9.11. The van der Waals surface area contributed by atoms with E-state index in [4.69, 9.17) is 9.47 Å². The third-order valence-corrected chi connectivity index (χ3v) is 4.80. The summed E-state index contributed by atoms with van der Waals surface area (Å²) in [7, 11) is 0. The number of benzene rings is 1. The maximum Gasteiger partial charge on any atom is 0.253 e. The Kier molecular flexibility index (Phi) is 6.64. The van der Waals surface area contributed by atoms with Crippen molar-refractivity contribution in [3.63, 3.8) is 0 Å². The Bertz CT molecular complexity index is 497. The average Bonchev–Trinajstić information content (AvgIpc) is 3.14. The number of morpholine rings is 1. The quantitative estimate of drug-likeness (QED) is 0.831. The Morgan fingerprint density at radius 3 is 2.62 bits per heavy atom. The highest BCUT2D eigenvalue weighted by atomic mass is 16.5. The van der Waals surface area contributed by atoms with Gasteiger partial charge >= 0.3 is 0 Å². The number of amides is 1. The van der Waals surface area contributed by atoms with Gasteiger partial charge in [0.2, 0.25) is 0 Å². The molecule has 1 saturated heterocycles. The zero-order valence-electron chi connectivity index (χ0n) is 14.3. The topological polar surface area (TPSA) is 50.8 Å². The van der Waals surface area contributed by atoms with E-state index in [-0.39, 0.29) is 12.0 Å². The molecule has 0 bridgehead atoms. The number of carbonyl (C=O) groups is 1. The third kappa shape index (κ3) is 5.03. The lowest BCUT2D eigenvalue weighted by atomic mass is 10.1. The summed E-state index contributed by atoms with van der Waals surface area (Å²) in [6, 6.07) is 9.83. The first-order valence-corrected chi connectivity index (χ1v) is 9.11. The van der Waals surface area contributed by atoms with Crippen LogP contribution in [-0.4, -0.2) is 56.3 Å². The van der Waals surface area contributed by atoms with Crippen molar-refractivity contribution in [2.24, 2.45) is 0 Å². The largest absolute Gasteiger partial charge is 0.379 e. The van der Waals surface area contributed by atoms with E-state index in [1.165, 1.54) is 12.8 Å². The zero-order chi connectivity index (χ0) is 16.6. The van der Waals surface area contributed by atoms with E-state index in [1.54, 1.807) is 0 Å². The molecule has 1 aliphatic heterocycles. The Morgan fingerprint density at radius 1 is 1.21 bits per heavy atom. The van der Waals surface area contributed by atoms with Crippen LogP contribution in [0.3, 0.4) is 0 Å². The first-order chi connectivity index (χ1) is 11.8. The predicted molar refractivity (Wildman–Crippen MR) is 92.8 cm³/mol. The lowest BCUT2D eigenvalue weighted by molar-refractivity contribution is -0.137. The highest BCUT2D eigenvalue weighted by molar-refractivity contribution is 5.82. The van der Waals surface area contributed by atoms with Crippen molar-refractivity contribution in [1.82, 2.24) is 10.2 Å². The predicted octanol–water partition coefficient (Wildman–Crippen LogP) is 2.14. The van der Waals surface area contributed by atoms with Gasteiger partial charge in [0, 0.05) is 26.2 Å². The molecule has 1 aliphatic carbocycles. The van der Waals surface area contributed by atoms with Crippen LogP contribution in [0.4, 0.5) is 0 Å². The molecule has 0 aromatic heterocycles. The molecule has 2 aliphatic rings. The molecule has 1 atom stereocenters. The number of carbonyl (C=O) groups excluding carboxylic acids is 1. The van der Waals surface area contributed by atoms with E-state index in [0.29, 0.717) is 6.54 Å². The van der Waals surface area contributed by atoms with Gasteiger partial charge in [-0.2, -0.15) is 0 Å². The second-order valence-electron chi connectivity index (χ2n) is 6.58. The van der Waals surface area contributed by atoms with Gasteiger partial charge < -0.3 is 14.8 Å². The summed E-state index contributed by atoms with van der Waals surface area (Å²) in [5.41, 5.74) is 0.938. The Morgan fingerprint density at radius 2 is 1.92 bits per heavy atom. The van der Waals surface area contributed by atoms with Gasteiger partial charge in [-0.25, -0.2) is 0 Å². The number of hydrogen-bond acceptors (Lipinski definition) is 4. The summed E-state index contributed by atoms with van der Waals surface area (Å²) in [5, 5.41) is 3.06. The maximum atomic E-state index is 12.7. The smallest absolute Gasteiger partial charge is 0.253 e. The van der Waals surface area contributed by atoms with Crippen LogP contribution < -0.4 is 5.32 Å². The third-order valence-electron chi connectivity index (χ3n) is 4.80. The van der Waals surface area contributed by atoms with E-state index in [1.807, 2.05) is 30.3 Å². The molecule has 1 saturated carbocycles. The summed E-state index contributed by atoms with van der Waals surface area (Å²) in [5.74, 6) is -0.0265. The van der Waals surface area contributed by atoms with Gasteiger partial charge in [0.1, 0.15) is 0 Å². The Labute approximate surface area is 144 Å². The lowest BCUT2D eigenvalue weighted by Crippen LogP contribution is -2.42. The van der Waals surface area contributed by atoms with Crippen LogP contribution in [-0.2, 0) is 14.3 Å². The van der Waals surface area contributed by atoms with Crippen LogP contribution in [0.15, 0.2) is 30.3 Å². The van der Waals surface area contributed by atoms with Crippen LogP contribution in [0.5, 0.6) is 0 Å². The highest BCUT2D eigenvalue weighted by Gasteiger charge is 2.27. The van der Waals surface area contributed by atoms with E-state index < -0.39 is 6.10 Å². The molecule has 0 unspecified atom stereocenters. The van der Waals surface area contributed by atoms with Crippen LogP contribution in [0.25, 0.3) is 0 Å². The Balaban J connectivity index is 1.53. The molecule has 5 nitrogen and oxygen atoms in total. The number of ether oxygens (including phenoxy) is 2. The van der Waals surface area contributed by atoms with Gasteiger partial charge in [-0.15, -0.1) is 0 Å². The summed E-state index contributed by atoms with van der Waals surface area (Å²) in [6.07, 6.45) is 4.23. The number of nitrogens with one attached hydrogen (secondary N) is 1. The summed E-state index contributed by atoms with van der Waals surface area (Å²) < 4.78 is 11.5. The average molecular weight is 332 g/mol. The van der Waals surface area contributed by atoms with E-state index in [9.17, 15) is 4.79 Å². The van der Waals surface area contributed by atoms with Gasteiger partial charge in [0.25, 0.3) is 5.91 Å². The molecular weight excluding hydrogens is 304 g/mol. The fourth-order valence-corrected chi connectivity index (χ4v) is 3.39. The minimum atomic E-state index is -0.501. The Hall–Kier alpha value is -1.43. The molecule has 132 valence electrons. The van der Waals surface area contributed by atoms with Crippen molar-refractivity contribution >= 4 is 5.91 Å². The second kappa shape index (κ2) is 9.16. The van der Waals surface area contributed by atoms with Crippen molar-refractivity contribution < 1.29 is 14.3 Å². The number of hydrogen-bond donors (Lipinski definition) is 1. The standard InChI is InChI=1S/C19H28N2O3/c22-19(20-10-11-21-12-14-23-15-13-21)18(16-6-2-1-3-7-16)24-17-8-4-5-9-17/h1-3,6-7,17-18H,4-5,8-15H2,(H,20,22)/t18-/m0/s1. The number of nitrogens with zero attached hydrogens (tertiary/aromatic N) is 1. The summed E-state index contributed by atoms with van der Waals surface area (Å²) in [6.45, 7) is 4.96. The molecule has 0 spiro atoms. The van der Waals surface area contributed by atoms with E-state index in [2.05, 4.69) is 10.2 Å². The monoisotopic (exact) mass is 332 g/mol. The summed E-state index contributed by atoms with van der Waals surface area (Å²) >= 11 is 0. The first kappa shape index (κ1) is 17.4. The maximum absolute atomic E-state index is 12.7. The van der Waals surface area contributed by atoms with Crippen LogP contribution in [0.2, 0.25) is 0 Å². The minimum absolute atomic E-state index is 0.0265. The fourth-order valence-electron chi connectivity index (χ4n) is 3.39. The van der Waals surface area contributed by atoms with Gasteiger partial charge in [-0.1, -0.05) is 43.2 Å². The molecule has 3 rings (SSSR count). The fraction of sp³-hybridized carbons (Fsp3) is 0.632. The molecule has 1 aromatic carbocycles. The highest BCUT2D eigenvalue weighted by Crippen LogP contribution is 2.28. The molecule has 2 fully saturated rings. The van der Waals surface area contributed by atoms with Crippen LogP contribution in [0, 0.1) is 0 Å². The molecule has 1 aromatic rings. The normalized spacial score (nSPS) is 20.8. The molecule has 1 heterocycles. The second-order valence-corrected chi connectivity index (χ2v) is 6.58. The van der Waals surface area contributed by atoms with Crippen molar-refractivity contribution in [1.29, 1.82) is 0 Å². The lowest BCUT2D eigenvalue weighted by Gasteiger charge is -2.27. The van der Waals surface area contributed by atoms with Gasteiger partial charge in [-0.3, -0.25) is 9.69 Å². The van der Waals surface area contributed by atoms with Crippen LogP contribution in [0.1, 0.15) is 37.4 Å². The van der Waals surface area contributed by atoms with Gasteiger partial charge in [0.05, 0.1) is 19.3 Å². The number of rotatable bonds is 7. The summed E-state index contributed by atoms with van der Waals surface area (Å²) in [4.78, 5) is 15.0. The molecule has 0 radical (unpaired) electrons. The molecule has 24 heavy (non-hydrogen) atoms. The molecule has 1 amide bonds. The van der Waals surface area contributed by atoms with Crippen molar-refractivity contribution in [3.05, 3.63) is 35.9 Å². The van der Waals surface area contributed by atoms with E-state index >= 15 is 0 Å². The minimum Gasteiger partial charge on any atom is -0.379 e. The van der Waals surface area contributed by atoms with Crippen molar-refractivity contribution in [2.45, 2.75) is 37.9 Å². The van der Waals surface area contributed by atoms with E-state index in [0.717, 1.165) is 51.3 Å². The zero-order valence-corrected chi connectivity index (χ0v) is 14.3. The molecule has 1 N–H and O–H groups in total. The van der Waals surface area contributed by atoms with Crippen molar-refractivity contribution in [3.8, 4) is 0 Å². The molecular formula is C19H28N2O3. The van der Waals surface area contributed by atoms with Crippen molar-refractivity contribution in [2.75, 3.05) is 39.4 Å². The van der Waals surface area contributed by atoms with Gasteiger partial charge in [-0.05, 0) is 18.4 Å².